The first-order valence-electron chi connectivity index (χ1n) is 7.98. The summed E-state index contributed by atoms with van der Waals surface area (Å²) in [7, 11) is 6.63. The predicted octanol–water partition coefficient (Wildman–Crippen LogP) is 4.40. The Bertz CT molecular complexity index is 409. The molecule has 0 aromatic heterocycles. The molecule has 2 N–H and O–H groups in total. The number of nitrogens with one attached hydrogen (secondary N) is 1. The lowest BCUT2D eigenvalue weighted by Gasteiger charge is -2.27. The number of carboxylic acids is 1. The standard InChI is InChI=1S/C15H27NO3S5/c1-15(2)14(19)16-12(13(17)18)10-22-21-9-7-11(23-24-15)6-4-5-8-20-3/h11-12H,4-10H2,1-3H3,(H,16,19)(H,17,18). The molecule has 4 nitrogen and oxygen atoms in total. The van der Waals surface area contributed by atoms with Gasteiger partial charge in [0, 0.05) is 16.8 Å². The van der Waals surface area contributed by atoms with Crippen molar-refractivity contribution < 1.29 is 14.7 Å². The van der Waals surface area contributed by atoms with Crippen LogP contribution in [0.2, 0.25) is 0 Å². The summed E-state index contributed by atoms with van der Waals surface area (Å²) in [6.45, 7) is 3.74. The Kier molecular flexibility index (Phi) is 11.5. The minimum atomic E-state index is -0.964. The number of carbonyl (C=O) groups excluding carboxylic acids is 1. The van der Waals surface area contributed by atoms with Crippen molar-refractivity contribution in [3.8, 4) is 0 Å². The zero-order chi connectivity index (χ0) is 18.0. The minimum absolute atomic E-state index is 0.195. The summed E-state index contributed by atoms with van der Waals surface area (Å²) >= 11 is 1.89. The van der Waals surface area contributed by atoms with Crippen molar-refractivity contribution in [1.29, 1.82) is 0 Å². The quantitative estimate of drug-likeness (QED) is 0.476. The molecule has 1 saturated heterocycles. The molecule has 2 unspecified atom stereocenters. The van der Waals surface area contributed by atoms with Gasteiger partial charge >= 0.3 is 5.97 Å². The lowest BCUT2D eigenvalue weighted by atomic mass is 10.2. The molecule has 0 aliphatic carbocycles. The van der Waals surface area contributed by atoms with Crippen molar-refractivity contribution in [1.82, 2.24) is 5.32 Å². The highest BCUT2D eigenvalue weighted by Gasteiger charge is 2.33. The Morgan fingerprint density at radius 2 is 2.12 bits per heavy atom. The van der Waals surface area contributed by atoms with Crippen molar-refractivity contribution >= 4 is 66.8 Å². The first kappa shape index (κ1) is 22.7. The Morgan fingerprint density at radius 1 is 1.38 bits per heavy atom. The fraction of sp³-hybridized carbons (Fsp3) is 0.867. The van der Waals surface area contributed by atoms with Gasteiger partial charge in [-0.2, -0.15) is 11.8 Å². The molecule has 0 radical (unpaired) electrons. The smallest absolute Gasteiger partial charge is 0.327 e. The Morgan fingerprint density at radius 3 is 2.79 bits per heavy atom. The van der Waals surface area contributed by atoms with E-state index in [-0.39, 0.29) is 5.91 Å². The summed E-state index contributed by atoms with van der Waals surface area (Å²) in [6.07, 6.45) is 6.89. The van der Waals surface area contributed by atoms with Gasteiger partial charge in [0.1, 0.15) is 6.04 Å². The fourth-order valence-corrected chi connectivity index (χ4v) is 7.81. The maximum atomic E-state index is 12.4. The normalized spacial score (nSPS) is 26.0. The van der Waals surface area contributed by atoms with Crippen LogP contribution in [0.5, 0.6) is 0 Å². The third-order valence-corrected chi connectivity index (χ3v) is 10.4. The van der Waals surface area contributed by atoms with E-state index in [0.29, 0.717) is 11.0 Å². The second-order valence-electron chi connectivity index (χ2n) is 6.06. The van der Waals surface area contributed by atoms with Gasteiger partial charge in [0.25, 0.3) is 0 Å². The number of rotatable bonds is 6. The van der Waals surface area contributed by atoms with Crippen molar-refractivity contribution in [2.75, 3.05) is 23.5 Å². The molecule has 1 heterocycles. The van der Waals surface area contributed by atoms with E-state index in [1.165, 1.54) is 25.0 Å². The van der Waals surface area contributed by atoms with Crippen LogP contribution in [-0.2, 0) is 9.59 Å². The number of amides is 1. The van der Waals surface area contributed by atoms with Gasteiger partial charge in [-0.15, -0.1) is 0 Å². The van der Waals surface area contributed by atoms with E-state index >= 15 is 0 Å². The third kappa shape index (κ3) is 8.87. The first-order chi connectivity index (χ1) is 11.4. The monoisotopic (exact) mass is 429 g/mol. The van der Waals surface area contributed by atoms with Gasteiger partial charge in [-0.1, -0.05) is 49.6 Å². The number of hydrogen-bond donors (Lipinski definition) is 2. The highest BCUT2D eigenvalue weighted by Crippen LogP contribution is 2.42. The zero-order valence-electron chi connectivity index (χ0n) is 14.4. The van der Waals surface area contributed by atoms with Gasteiger partial charge in [-0.25, -0.2) is 4.79 Å². The van der Waals surface area contributed by atoms with Crippen LogP contribution in [0.15, 0.2) is 0 Å². The second kappa shape index (κ2) is 12.1. The molecule has 0 aromatic rings. The molecular formula is C15H27NO3S5. The zero-order valence-corrected chi connectivity index (χ0v) is 18.5. The van der Waals surface area contributed by atoms with E-state index in [2.05, 4.69) is 11.6 Å². The average molecular weight is 430 g/mol. The topological polar surface area (TPSA) is 66.4 Å². The maximum absolute atomic E-state index is 12.4. The first-order valence-corrected chi connectivity index (χ1v) is 14.1. The molecule has 0 saturated carbocycles. The lowest BCUT2D eigenvalue weighted by Crippen LogP contribution is -2.49. The summed E-state index contributed by atoms with van der Waals surface area (Å²) in [5.74, 6) is 1.47. The number of aliphatic carboxylic acids is 1. The lowest BCUT2D eigenvalue weighted by molar-refractivity contribution is -0.141. The van der Waals surface area contributed by atoms with Gasteiger partial charge < -0.3 is 10.4 Å². The van der Waals surface area contributed by atoms with Crippen LogP contribution >= 0.6 is 54.9 Å². The molecule has 2 atom stereocenters. The number of carbonyl (C=O) groups is 2. The van der Waals surface area contributed by atoms with Crippen LogP contribution in [-0.4, -0.2) is 56.5 Å². The Balaban J connectivity index is 2.63. The SMILES string of the molecule is CSCCCCC1CCSSCC(C(=O)O)NC(=O)C(C)(C)SS1. The summed E-state index contributed by atoms with van der Waals surface area (Å²) in [5.41, 5.74) is 0. The van der Waals surface area contributed by atoms with Crippen LogP contribution in [0.4, 0.5) is 0 Å². The minimum Gasteiger partial charge on any atom is -0.480 e. The van der Waals surface area contributed by atoms with Gasteiger partial charge in [0.2, 0.25) is 5.91 Å². The third-order valence-electron chi connectivity index (χ3n) is 3.51. The molecule has 9 heteroatoms. The van der Waals surface area contributed by atoms with Crippen LogP contribution in [0.3, 0.4) is 0 Å². The van der Waals surface area contributed by atoms with Crippen LogP contribution in [0.1, 0.15) is 39.5 Å². The van der Waals surface area contributed by atoms with Gasteiger partial charge in [0.15, 0.2) is 0 Å². The summed E-state index contributed by atoms with van der Waals surface area (Å²) in [5, 5.41) is 12.5. The second-order valence-corrected chi connectivity index (χ2v) is 12.8. The van der Waals surface area contributed by atoms with Gasteiger partial charge in [-0.05, 0) is 45.1 Å². The largest absolute Gasteiger partial charge is 0.480 e. The maximum Gasteiger partial charge on any atom is 0.327 e. The van der Waals surface area contributed by atoms with Crippen LogP contribution in [0.25, 0.3) is 0 Å². The molecule has 1 aliphatic heterocycles. The summed E-state index contributed by atoms with van der Waals surface area (Å²) < 4.78 is -0.632. The highest BCUT2D eigenvalue weighted by atomic mass is 33.1. The molecule has 140 valence electrons. The van der Waals surface area contributed by atoms with E-state index in [0.717, 1.165) is 12.2 Å². The van der Waals surface area contributed by atoms with Crippen molar-refractivity contribution in [2.45, 2.75) is 55.6 Å². The molecule has 1 rings (SSSR count). The number of carboxylic acid groups (broad SMARTS) is 1. The Hall–Kier alpha value is 0.690. The molecular weight excluding hydrogens is 403 g/mol. The molecule has 1 amide bonds. The molecule has 24 heavy (non-hydrogen) atoms. The predicted molar refractivity (Wildman–Crippen MR) is 114 cm³/mol. The molecule has 0 aromatic carbocycles. The van der Waals surface area contributed by atoms with Gasteiger partial charge in [0.05, 0.1) is 4.75 Å². The number of thioether (sulfide) groups is 1. The van der Waals surface area contributed by atoms with E-state index < -0.39 is 16.8 Å². The van der Waals surface area contributed by atoms with Gasteiger partial charge in [-0.3, -0.25) is 4.79 Å². The van der Waals surface area contributed by atoms with Crippen LogP contribution in [0, 0.1) is 0 Å². The molecule has 0 bridgehead atoms. The van der Waals surface area contributed by atoms with E-state index in [9.17, 15) is 14.7 Å². The van der Waals surface area contributed by atoms with Crippen LogP contribution < -0.4 is 5.32 Å². The highest BCUT2D eigenvalue weighted by molar-refractivity contribution is 8.77. The summed E-state index contributed by atoms with van der Waals surface area (Å²) in [4.78, 5) is 23.7. The fourth-order valence-electron chi connectivity index (χ4n) is 1.95. The van der Waals surface area contributed by atoms with Crippen molar-refractivity contribution in [3.63, 3.8) is 0 Å². The Labute approximate surface area is 165 Å². The van der Waals surface area contributed by atoms with Crippen molar-refractivity contribution in [2.24, 2.45) is 0 Å². The molecule has 0 spiro atoms. The number of hydrogen-bond acceptors (Lipinski definition) is 7. The summed E-state index contributed by atoms with van der Waals surface area (Å²) in [6, 6.07) is -0.818. The van der Waals surface area contributed by atoms with E-state index in [1.54, 1.807) is 43.2 Å². The van der Waals surface area contributed by atoms with Crippen molar-refractivity contribution in [3.05, 3.63) is 0 Å². The molecule has 1 aliphatic rings. The molecule has 1 fully saturated rings. The number of unbranched alkanes of at least 4 members (excludes halogenated alkanes) is 1. The van der Waals surface area contributed by atoms with E-state index in [4.69, 9.17) is 0 Å². The average Bonchev–Trinajstić information content (AvgIpc) is 2.52. The van der Waals surface area contributed by atoms with E-state index in [1.807, 2.05) is 25.6 Å².